The summed E-state index contributed by atoms with van der Waals surface area (Å²) in [5.74, 6) is 0.168. The average molecular weight is 241 g/mol. The van der Waals surface area contributed by atoms with Gasteiger partial charge in [-0.15, -0.1) is 0 Å². The SMILES string of the molecule is COc1ccc(CNCCNC(N)=O)c(F)c1. The van der Waals surface area contributed by atoms with Crippen LogP contribution >= 0.6 is 0 Å². The minimum atomic E-state index is -0.567. The number of carbonyl (C=O) groups excluding carboxylic acids is 1. The second-order valence-electron chi connectivity index (χ2n) is 3.43. The van der Waals surface area contributed by atoms with Crippen LogP contribution in [0, 0.1) is 5.82 Å². The lowest BCUT2D eigenvalue weighted by atomic mass is 10.2. The van der Waals surface area contributed by atoms with Gasteiger partial charge < -0.3 is 21.1 Å². The van der Waals surface area contributed by atoms with Gasteiger partial charge >= 0.3 is 6.03 Å². The molecule has 0 fully saturated rings. The second kappa shape index (κ2) is 6.70. The predicted octanol–water partition coefficient (Wildman–Crippen LogP) is 0.592. The van der Waals surface area contributed by atoms with Crippen LogP contribution in [0.3, 0.4) is 0 Å². The zero-order valence-electron chi connectivity index (χ0n) is 9.63. The zero-order chi connectivity index (χ0) is 12.7. The lowest BCUT2D eigenvalue weighted by Crippen LogP contribution is -2.35. The van der Waals surface area contributed by atoms with Crippen molar-refractivity contribution in [1.29, 1.82) is 0 Å². The van der Waals surface area contributed by atoms with Crippen molar-refractivity contribution < 1.29 is 13.9 Å². The number of nitrogens with two attached hydrogens (primary N) is 1. The van der Waals surface area contributed by atoms with Gasteiger partial charge in [0, 0.05) is 31.3 Å². The van der Waals surface area contributed by atoms with Crippen molar-refractivity contribution in [3.8, 4) is 5.75 Å². The molecule has 0 saturated carbocycles. The first-order valence-corrected chi connectivity index (χ1v) is 5.20. The fourth-order valence-corrected chi connectivity index (χ4v) is 1.30. The minimum absolute atomic E-state index is 0.320. The van der Waals surface area contributed by atoms with Crippen molar-refractivity contribution in [2.75, 3.05) is 20.2 Å². The molecule has 0 atom stereocenters. The fraction of sp³-hybridized carbons (Fsp3) is 0.364. The van der Waals surface area contributed by atoms with Gasteiger partial charge in [0.1, 0.15) is 11.6 Å². The van der Waals surface area contributed by atoms with Gasteiger partial charge in [-0.25, -0.2) is 9.18 Å². The van der Waals surface area contributed by atoms with E-state index in [9.17, 15) is 9.18 Å². The Morgan fingerprint density at radius 1 is 1.47 bits per heavy atom. The molecule has 0 aliphatic carbocycles. The number of rotatable bonds is 6. The quantitative estimate of drug-likeness (QED) is 0.638. The summed E-state index contributed by atoms with van der Waals surface area (Å²) < 4.78 is 18.4. The summed E-state index contributed by atoms with van der Waals surface area (Å²) in [6, 6.07) is 4.12. The highest BCUT2D eigenvalue weighted by molar-refractivity contribution is 5.71. The molecule has 1 rings (SSSR count). The van der Waals surface area contributed by atoms with Crippen LogP contribution < -0.4 is 21.1 Å². The van der Waals surface area contributed by atoms with Crippen molar-refractivity contribution in [1.82, 2.24) is 10.6 Å². The number of primary amides is 1. The van der Waals surface area contributed by atoms with E-state index in [2.05, 4.69) is 10.6 Å². The fourth-order valence-electron chi connectivity index (χ4n) is 1.30. The maximum Gasteiger partial charge on any atom is 0.312 e. The summed E-state index contributed by atoms with van der Waals surface area (Å²) in [6.07, 6.45) is 0. The molecule has 2 amide bonds. The maximum atomic E-state index is 13.5. The Bertz CT molecular complexity index is 385. The van der Waals surface area contributed by atoms with E-state index in [0.29, 0.717) is 30.9 Å². The molecular weight excluding hydrogens is 225 g/mol. The third-order valence-electron chi connectivity index (χ3n) is 2.18. The summed E-state index contributed by atoms with van der Waals surface area (Å²) in [6.45, 7) is 1.32. The third-order valence-corrected chi connectivity index (χ3v) is 2.18. The standard InChI is InChI=1S/C11H16FN3O2/c1-17-9-3-2-8(10(12)6-9)7-14-4-5-15-11(13)16/h2-3,6,14H,4-5,7H2,1H3,(H3,13,15,16). The highest BCUT2D eigenvalue weighted by atomic mass is 19.1. The summed E-state index contributed by atoms with van der Waals surface area (Å²) in [5.41, 5.74) is 5.44. The first kappa shape index (κ1) is 13.2. The highest BCUT2D eigenvalue weighted by Gasteiger charge is 2.03. The molecular formula is C11H16FN3O2. The number of amides is 2. The van der Waals surface area contributed by atoms with E-state index in [4.69, 9.17) is 10.5 Å². The van der Waals surface area contributed by atoms with E-state index in [-0.39, 0.29) is 5.82 Å². The molecule has 0 bridgehead atoms. The van der Waals surface area contributed by atoms with Gasteiger partial charge in [-0.3, -0.25) is 0 Å². The molecule has 1 aromatic carbocycles. The minimum Gasteiger partial charge on any atom is -0.497 e. The molecule has 94 valence electrons. The lowest BCUT2D eigenvalue weighted by molar-refractivity contribution is 0.249. The molecule has 4 N–H and O–H groups in total. The summed E-state index contributed by atoms with van der Waals surface area (Å²) in [4.78, 5) is 10.4. The largest absolute Gasteiger partial charge is 0.497 e. The van der Waals surface area contributed by atoms with E-state index < -0.39 is 6.03 Å². The van der Waals surface area contributed by atoms with E-state index in [0.717, 1.165) is 0 Å². The molecule has 0 spiro atoms. The van der Waals surface area contributed by atoms with Crippen LogP contribution in [0.1, 0.15) is 5.56 Å². The van der Waals surface area contributed by atoms with Crippen molar-refractivity contribution in [3.05, 3.63) is 29.6 Å². The number of ether oxygens (including phenoxy) is 1. The number of urea groups is 1. The molecule has 0 aliphatic heterocycles. The van der Waals surface area contributed by atoms with Crippen molar-refractivity contribution in [2.24, 2.45) is 5.73 Å². The number of benzene rings is 1. The number of nitrogens with one attached hydrogen (secondary N) is 2. The molecule has 0 saturated heterocycles. The third kappa shape index (κ3) is 4.69. The van der Waals surface area contributed by atoms with Gasteiger partial charge in [0.25, 0.3) is 0 Å². The summed E-state index contributed by atoms with van der Waals surface area (Å²) in [7, 11) is 1.49. The molecule has 0 radical (unpaired) electrons. The van der Waals surface area contributed by atoms with Gasteiger partial charge in [0.15, 0.2) is 0 Å². The van der Waals surface area contributed by atoms with Gasteiger partial charge in [-0.2, -0.15) is 0 Å². The normalized spacial score (nSPS) is 10.0. The number of carbonyl (C=O) groups is 1. The highest BCUT2D eigenvalue weighted by Crippen LogP contribution is 2.15. The van der Waals surface area contributed by atoms with Crippen LogP contribution in [0.5, 0.6) is 5.75 Å². The van der Waals surface area contributed by atoms with Crippen LogP contribution in [-0.4, -0.2) is 26.2 Å². The van der Waals surface area contributed by atoms with E-state index in [1.807, 2.05) is 0 Å². The van der Waals surface area contributed by atoms with Crippen LogP contribution in [-0.2, 0) is 6.54 Å². The van der Waals surface area contributed by atoms with Crippen molar-refractivity contribution in [2.45, 2.75) is 6.54 Å². The van der Waals surface area contributed by atoms with E-state index in [1.54, 1.807) is 12.1 Å². The number of hydrogen-bond donors (Lipinski definition) is 3. The van der Waals surface area contributed by atoms with Gasteiger partial charge in [0.2, 0.25) is 0 Å². The Kier molecular flexibility index (Phi) is 5.22. The molecule has 1 aromatic rings. The first-order chi connectivity index (χ1) is 8.13. The Morgan fingerprint density at radius 2 is 2.24 bits per heavy atom. The van der Waals surface area contributed by atoms with Crippen LogP contribution in [0.25, 0.3) is 0 Å². The van der Waals surface area contributed by atoms with Crippen LogP contribution in [0.15, 0.2) is 18.2 Å². The monoisotopic (exact) mass is 241 g/mol. The average Bonchev–Trinajstić information content (AvgIpc) is 2.30. The van der Waals surface area contributed by atoms with Gasteiger partial charge in [-0.1, -0.05) is 6.07 Å². The second-order valence-corrected chi connectivity index (χ2v) is 3.43. The van der Waals surface area contributed by atoms with Gasteiger partial charge in [0.05, 0.1) is 7.11 Å². The van der Waals surface area contributed by atoms with Gasteiger partial charge in [-0.05, 0) is 6.07 Å². The molecule has 0 heterocycles. The Labute approximate surface area is 99.1 Å². The Balaban J connectivity index is 2.34. The van der Waals surface area contributed by atoms with Crippen LogP contribution in [0.2, 0.25) is 0 Å². The molecule has 0 aliphatic rings. The summed E-state index contributed by atoms with van der Waals surface area (Å²) >= 11 is 0. The topological polar surface area (TPSA) is 76.4 Å². The first-order valence-electron chi connectivity index (χ1n) is 5.20. The predicted molar refractivity (Wildman–Crippen MR) is 62.2 cm³/mol. The lowest BCUT2D eigenvalue weighted by Gasteiger charge is -2.07. The summed E-state index contributed by atoms with van der Waals surface area (Å²) in [5, 5.41) is 5.41. The van der Waals surface area contributed by atoms with Crippen molar-refractivity contribution in [3.63, 3.8) is 0 Å². The molecule has 17 heavy (non-hydrogen) atoms. The smallest absolute Gasteiger partial charge is 0.312 e. The Morgan fingerprint density at radius 3 is 2.82 bits per heavy atom. The van der Waals surface area contributed by atoms with E-state index in [1.165, 1.54) is 13.2 Å². The molecule has 0 aromatic heterocycles. The maximum absolute atomic E-state index is 13.5. The number of methoxy groups -OCH3 is 1. The molecule has 5 nitrogen and oxygen atoms in total. The van der Waals surface area contributed by atoms with Crippen LogP contribution in [0.4, 0.5) is 9.18 Å². The number of hydrogen-bond acceptors (Lipinski definition) is 3. The molecule has 6 heteroatoms. The number of halogens is 1. The van der Waals surface area contributed by atoms with Crippen molar-refractivity contribution >= 4 is 6.03 Å². The molecule has 0 unspecified atom stereocenters. The Hall–Kier alpha value is -1.82. The zero-order valence-corrected chi connectivity index (χ0v) is 9.63. The van der Waals surface area contributed by atoms with E-state index >= 15 is 0 Å².